The van der Waals surface area contributed by atoms with Crippen LogP contribution in [0.1, 0.15) is 53.9 Å². The zero-order valence-corrected chi connectivity index (χ0v) is 24.3. The Hall–Kier alpha value is -4.09. The average molecular weight is 600 g/mol. The first-order chi connectivity index (χ1) is 21.0. The number of carboxylic acid groups (broad SMARTS) is 1. The SMILES string of the molecule is O=C(O)CCC(=O)NCc1cccc(-c2cccc([C@H]3O[C@@H](CSc4ncccn4)C[C@@H](c4ccc(CO)cc4)O3)c2)c1. The Labute approximate surface area is 254 Å². The van der Waals surface area contributed by atoms with E-state index in [0.29, 0.717) is 23.9 Å². The second kappa shape index (κ2) is 14.9. The minimum atomic E-state index is -0.996. The van der Waals surface area contributed by atoms with E-state index in [2.05, 4.69) is 21.4 Å². The highest BCUT2D eigenvalue weighted by Gasteiger charge is 2.32. The van der Waals surface area contributed by atoms with Crippen molar-refractivity contribution in [2.45, 2.75) is 56.1 Å². The van der Waals surface area contributed by atoms with E-state index >= 15 is 0 Å². The van der Waals surface area contributed by atoms with Crippen LogP contribution in [0.2, 0.25) is 0 Å². The number of carboxylic acids is 1. The topological polar surface area (TPSA) is 131 Å². The van der Waals surface area contributed by atoms with Gasteiger partial charge < -0.3 is 25.0 Å². The molecule has 5 rings (SSSR count). The first kappa shape index (κ1) is 30.4. The number of aromatic nitrogens is 2. The third-order valence-electron chi connectivity index (χ3n) is 7.03. The van der Waals surface area contributed by atoms with Gasteiger partial charge in [-0.3, -0.25) is 9.59 Å². The van der Waals surface area contributed by atoms with Crippen molar-refractivity contribution in [3.05, 3.63) is 114 Å². The summed E-state index contributed by atoms with van der Waals surface area (Å²) in [6.45, 7) is 0.293. The second-order valence-electron chi connectivity index (χ2n) is 10.2. The van der Waals surface area contributed by atoms with Crippen molar-refractivity contribution in [3.8, 4) is 11.1 Å². The van der Waals surface area contributed by atoms with Gasteiger partial charge in [0.1, 0.15) is 0 Å². The van der Waals surface area contributed by atoms with Crippen molar-refractivity contribution in [2.24, 2.45) is 0 Å². The van der Waals surface area contributed by atoms with Gasteiger partial charge in [0.15, 0.2) is 11.4 Å². The number of aliphatic carboxylic acids is 1. The molecule has 1 aliphatic heterocycles. The molecule has 1 saturated heterocycles. The minimum Gasteiger partial charge on any atom is -0.481 e. The van der Waals surface area contributed by atoms with Crippen LogP contribution in [0.4, 0.5) is 0 Å². The van der Waals surface area contributed by atoms with Gasteiger partial charge in [0, 0.05) is 43.1 Å². The number of amides is 1. The molecule has 1 fully saturated rings. The lowest BCUT2D eigenvalue weighted by atomic mass is 9.99. The molecule has 0 unspecified atom stereocenters. The van der Waals surface area contributed by atoms with E-state index in [-0.39, 0.29) is 37.6 Å². The van der Waals surface area contributed by atoms with Crippen LogP contribution in [0, 0.1) is 0 Å². The van der Waals surface area contributed by atoms with Crippen LogP contribution in [-0.2, 0) is 32.2 Å². The van der Waals surface area contributed by atoms with Crippen molar-refractivity contribution in [1.82, 2.24) is 15.3 Å². The molecule has 3 aromatic carbocycles. The van der Waals surface area contributed by atoms with Gasteiger partial charge in [-0.15, -0.1) is 0 Å². The molecule has 1 aromatic heterocycles. The van der Waals surface area contributed by atoms with Gasteiger partial charge in [0.05, 0.1) is 25.2 Å². The van der Waals surface area contributed by atoms with E-state index < -0.39 is 12.3 Å². The van der Waals surface area contributed by atoms with Gasteiger partial charge in [-0.25, -0.2) is 9.97 Å². The summed E-state index contributed by atoms with van der Waals surface area (Å²) in [5, 5.41) is 21.7. The zero-order valence-electron chi connectivity index (χ0n) is 23.5. The number of carbonyl (C=O) groups excluding carboxylic acids is 1. The van der Waals surface area contributed by atoms with Gasteiger partial charge in [-0.1, -0.05) is 72.4 Å². The fourth-order valence-corrected chi connectivity index (χ4v) is 5.61. The number of nitrogens with one attached hydrogen (secondary N) is 1. The normalized spacial score (nSPS) is 18.2. The number of rotatable bonds is 12. The number of ether oxygens (including phenoxy) is 2. The Morgan fingerprint density at radius 1 is 0.860 bits per heavy atom. The molecule has 3 atom stereocenters. The van der Waals surface area contributed by atoms with Crippen LogP contribution in [0.25, 0.3) is 11.1 Å². The van der Waals surface area contributed by atoms with E-state index in [9.17, 15) is 14.7 Å². The lowest BCUT2D eigenvalue weighted by molar-refractivity contribution is -0.245. The van der Waals surface area contributed by atoms with Gasteiger partial charge in [-0.2, -0.15) is 0 Å². The van der Waals surface area contributed by atoms with Crippen LogP contribution in [0.15, 0.2) is 96.4 Å². The Morgan fingerprint density at radius 3 is 2.35 bits per heavy atom. The summed E-state index contributed by atoms with van der Waals surface area (Å²) in [5.74, 6) is -0.632. The maximum absolute atomic E-state index is 12.0. The van der Waals surface area contributed by atoms with E-state index in [1.165, 1.54) is 0 Å². The molecule has 1 aliphatic rings. The van der Waals surface area contributed by atoms with Crippen molar-refractivity contribution in [1.29, 1.82) is 0 Å². The Bertz CT molecular complexity index is 1520. The molecule has 0 bridgehead atoms. The Balaban J connectivity index is 1.32. The molecule has 2 heterocycles. The lowest BCUT2D eigenvalue weighted by Crippen LogP contribution is -2.31. The number of carbonyl (C=O) groups is 2. The number of aliphatic hydroxyl groups is 1. The number of hydrogen-bond acceptors (Lipinski definition) is 8. The van der Waals surface area contributed by atoms with Crippen molar-refractivity contribution >= 4 is 23.6 Å². The highest BCUT2D eigenvalue weighted by Crippen LogP contribution is 2.40. The predicted octanol–water partition coefficient (Wildman–Crippen LogP) is 5.45. The zero-order chi connectivity index (χ0) is 30.0. The van der Waals surface area contributed by atoms with Crippen LogP contribution in [0.3, 0.4) is 0 Å². The van der Waals surface area contributed by atoms with Crippen molar-refractivity contribution in [3.63, 3.8) is 0 Å². The number of aliphatic hydroxyl groups excluding tert-OH is 1. The van der Waals surface area contributed by atoms with Crippen LogP contribution in [0.5, 0.6) is 0 Å². The number of hydrogen-bond donors (Lipinski definition) is 3. The van der Waals surface area contributed by atoms with Gasteiger partial charge in [-0.05, 0) is 46.0 Å². The van der Waals surface area contributed by atoms with Crippen molar-refractivity contribution in [2.75, 3.05) is 5.75 Å². The van der Waals surface area contributed by atoms with Gasteiger partial charge >= 0.3 is 5.97 Å². The fourth-order valence-electron chi connectivity index (χ4n) is 4.79. The van der Waals surface area contributed by atoms with E-state index in [4.69, 9.17) is 14.6 Å². The summed E-state index contributed by atoms with van der Waals surface area (Å²) in [6, 6.07) is 25.5. The average Bonchev–Trinajstić information content (AvgIpc) is 3.06. The monoisotopic (exact) mass is 599 g/mol. The highest BCUT2D eigenvalue weighted by molar-refractivity contribution is 7.99. The molecule has 1 amide bonds. The summed E-state index contributed by atoms with van der Waals surface area (Å²) in [5.41, 5.74) is 5.60. The number of thioether (sulfide) groups is 1. The molecule has 43 heavy (non-hydrogen) atoms. The van der Waals surface area contributed by atoms with Crippen LogP contribution in [-0.4, -0.2) is 43.9 Å². The molecule has 9 nitrogen and oxygen atoms in total. The molecule has 0 radical (unpaired) electrons. The molecular formula is C33H33N3O6S. The molecule has 0 spiro atoms. The standard InChI is InChI=1S/C33H33N3O6S/c37-20-22-8-10-24(11-9-22)29-18-28(21-43-33-34-14-3-15-35-33)41-32(42-29)27-7-2-6-26(17-27)25-5-1-4-23(16-25)19-36-30(38)12-13-31(39)40/h1-11,14-17,28-29,32,37H,12-13,18-21H2,(H,36,38)(H,39,40)/t28-,29+,32+/m1/s1. The molecule has 0 saturated carbocycles. The third kappa shape index (κ3) is 8.71. The Kier molecular flexibility index (Phi) is 10.5. The summed E-state index contributed by atoms with van der Waals surface area (Å²) in [4.78, 5) is 31.4. The maximum atomic E-state index is 12.0. The summed E-state index contributed by atoms with van der Waals surface area (Å²) in [6.07, 6.45) is 2.94. The number of nitrogens with zero attached hydrogens (tertiary/aromatic N) is 2. The first-order valence-corrected chi connectivity index (χ1v) is 15.0. The highest BCUT2D eigenvalue weighted by atomic mass is 32.2. The van der Waals surface area contributed by atoms with Gasteiger partial charge in [0.25, 0.3) is 0 Å². The molecule has 4 aromatic rings. The summed E-state index contributed by atoms with van der Waals surface area (Å²) >= 11 is 1.55. The second-order valence-corrected chi connectivity index (χ2v) is 11.2. The van der Waals surface area contributed by atoms with E-state index in [0.717, 1.165) is 33.4 Å². The molecule has 222 valence electrons. The largest absolute Gasteiger partial charge is 0.481 e. The van der Waals surface area contributed by atoms with Gasteiger partial charge in [0.2, 0.25) is 5.91 Å². The minimum absolute atomic E-state index is 0.0149. The molecule has 0 aliphatic carbocycles. The molecule has 3 N–H and O–H groups in total. The van der Waals surface area contributed by atoms with E-state index in [1.807, 2.05) is 66.7 Å². The Morgan fingerprint density at radius 2 is 1.60 bits per heavy atom. The molecular weight excluding hydrogens is 566 g/mol. The summed E-state index contributed by atoms with van der Waals surface area (Å²) in [7, 11) is 0. The predicted molar refractivity (Wildman–Crippen MR) is 162 cm³/mol. The smallest absolute Gasteiger partial charge is 0.303 e. The van der Waals surface area contributed by atoms with Crippen molar-refractivity contribution < 1.29 is 29.3 Å². The lowest BCUT2D eigenvalue weighted by Gasteiger charge is -2.36. The maximum Gasteiger partial charge on any atom is 0.303 e. The summed E-state index contributed by atoms with van der Waals surface area (Å²) < 4.78 is 13.0. The van der Waals surface area contributed by atoms with E-state index in [1.54, 1.807) is 30.2 Å². The quantitative estimate of drug-likeness (QED) is 0.144. The van der Waals surface area contributed by atoms with Crippen LogP contribution >= 0.6 is 11.8 Å². The fraction of sp³-hybridized carbons (Fsp3) is 0.273. The number of benzene rings is 3. The first-order valence-electron chi connectivity index (χ1n) is 14.0. The molecule has 10 heteroatoms. The van der Waals surface area contributed by atoms with Crippen LogP contribution < -0.4 is 5.32 Å². The third-order valence-corrected chi connectivity index (χ3v) is 8.04.